The average molecular weight is 369 g/mol. The first-order chi connectivity index (χ1) is 11.7. The molecule has 1 saturated heterocycles. The second kappa shape index (κ2) is 7.82. The highest BCUT2D eigenvalue weighted by atomic mass is 32.2. The first-order valence-corrected chi connectivity index (χ1v) is 9.88. The van der Waals surface area contributed by atoms with Gasteiger partial charge in [-0.1, -0.05) is 13.0 Å². The van der Waals surface area contributed by atoms with E-state index in [0.29, 0.717) is 43.9 Å². The van der Waals surface area contributed by atoms with Crippen molar-refractivity contribution in [2.75, 3.05) is 32.8 Å². The van der Waals surface area contributed by atoms with E-state index < -0.39 is 15.6 Å². The van der Waals surface area contributed by atoms with Crippen molar-refractivity contribution in [3.8, 4) is 0 Å². The molecule has 1 fully saturated rings. The number of nitrogens with two attached hydrogens (primary N) is 1. The van der Waals surface area contributed by atoms with Crippen LogP contribution in [0, 0.1) is 0 Å². The summed E-state index contributed by atoms with van der Waals surface area (Å²) in [5, 5.41) is 2.83. The van der Waals surface area contributed by atoms with Crippen LogP contribution in [0.25, 0.3) is 0 Å². The van der Waals surface area contributed by atoms with Crippen LogP contribution in [0.1, 0.15) is 36.7 Å². The Bertz CT molecular complexity index is 725. The average Bonchev–Trinajstić information content (AvgIpc) is 2.61. The minimum atomic E-state index is -3.66. The summed E-state index contributed by atoms with van der Waals surface area (Å²) in [4.78, 5) is 12.7. The van der Waals surface area contributed by atoms with Crippen molar-refractivity contribution >= 4 is 15.9 Å². The lowest BCUT2D eigenvalue weighted by atomic mass is 10.0. The highest BCUT2D eigenvalue weighted by molar-refractivity contribution is 7.89. The molecule has 0 aromatic heterocycles. The topological polar surface area (TPSA) is 102 Å². The molecule has 8 heteroatoms. The largest absolute Gasteiger partial charge is 0.379 e. The van der Waals surface area contributed by atoms with Gasteiger partial charge >= 0.3 is 0 Å². The molecule has 1 aliphatic rings. The summed E-state index contributed by atoms with van der Waals surface area (Å²) in [6, 6.07) is 4.82. The summed E-state index contributed by atoms with van der Waals surface area (Å²) in [5.41, 5.74) is 6.09. The summed E-state index contributed by atoms with van der Waals surface area (Å²) in [7, 11) is -3.66. The highest BCUT2D eigenvalue weighted by Crippen LogP contribution is 2.23. The van der Waals surface area contributed by atoms with Crippen LogP contribution < -0.4 is 11.1 Å². The number of nitrogens with one attached hydrogen (secondary N) is 1. The number of aryl methyl sites for hydroxylation is 1. The fourth-order valence-corrected chi connectivity index (χ4v) is 4.31. The van der Waals surface area contributed by atoms with E-state index in [0.717, 1.165) is 0 Å². The second-order valence-electron chi connectivity index (χ2n) is 6.73. The normalized spacial score (nSPS) is 16.6. The Labute approximate surface area is 149 Å². The van der Waals surface area contributed by atoms with Crippen LogP contribution in [0.3, 0.4) is 0 Å². The molecule has 1 aromatic rings. The number of hydrogen-bond donors (Lipinski definition) is 2. The first-order valence-electron chi connectivity index (χ1n) is 8.44. The summed E-state index contributed by atoms with van der Waals surface area (Å²) in [6.07, 6.45) is 0.565. The molecule has 1 heterocycles. The molecule has 0 bridgehead atoms. The fraction of sp³-hybridized carbons (Fsp3) is 0.588. The lowest BCUT2D eigenvalue weighted by Gasteiger charge is -2.27. The zero-order chi connectivity index (χ0) is 18.7. The maximum Gasteiger partial charge on any atom is 0.251 e. The molecule has 0 aliphatic carbocycles. The van der Waals surface area contributed by atoms with Crippen molar-refractivity contribution in [1.29, 1.82) is 0 Å². The van der Waals surface area contributed by atoms with Crippen LogP contribution in [-0.4, -0.2) is 57.0 Å². The Kier molecular flexibility index (Phi) is 6.21. The van der Waals surface area contributed by atoms with Crippen LogP contribution in [0.15, 0.2) is 23.1 Å². The third-order valence-corrected chi connectivity index (χ3v) is 6.24. The molecule has 1 aromatic carbocycles. The predicted molar refractivity (Wildman–Crippen MR) is 96.0 cm³/mol. The maximum atomic E-state index is 13.0. The van der Waals surface area contributed by atoms with Crippen LogP contribution in [0.5, 0.6) is 0 Å². The van der Waals surface area contributed by atoms with Crippen molar-refractivity contribution in [2.24, 2.45) is 5.73 Å². The molecular weight excluding hydrogens is 342 g/mol. The molecule has 3 N–H and O–H groups in total. The van der Waals surface area contributed by atoms with E-state index in [1.807, 2.05) is 20.8 Å². The van der Waals surface area contributed by atoms with Gasteiger partial charge in [-0.2, -0.15) is 4.31 Å². The standard InChI is InChI=1S/C17H27N3O4S/c1-4-13-5-6-14(16(21)19-17(2,3)12-18)11-15(13)25(22,23)20-7-9-24-10-8-20/h5-6,11H,4,7-10,12,18H2,1-3H3,(H,19,21). The number of amides is 1. The Balaban J connectivity index is 2.38. The third-order valence-electron chi connectivity index (χ3n) is 4.26. The van der Waals surface area contributed by atoms with Crippen LogP contribution >= 0.6 is 0 Å². The molecule has 25 heavy (non-hydrogen) atoms. The van der Waals surface area contributed by atoms with Gasteiger partial charge in [0.2, 0.25) is 10.0 Å². The Hall–Kier alpha value is -1.48. The third kappa shape index (κ3) is 4.58. The van der Waals surface area contributed by atoms with Gasteiger partial charge in [0.25, 0.3) is 5.91 Å². The zero-order valence-electron chi connectivity index (χ0n) is 15.0. The number of benzene rings is 1. The van der Waals surface area contributed by atoms with Crippen molar-refractivity contribution in [2.45, 2.75) is 37.6 Å². The molecule has 140 valence electrons. The molecule has 0 radical (unpaired) electrons. The minimum absolute atomic E-state index is 0.190. The number of carbonyl (C=O) groups is 1. The fourth-order valence-electron chi connectivity index (χ4n) is 2.58. The summed E-state index contributed by atoms with van der Waals surface area (Å²) in [6.45, 7) is 7.21. The van der Waals surface area contributed by atoms with E-state index >= 15 is 0 Å². The Morgan fingerprint density at radius 1 is 1.32 bits per heavy atom. The van der Waals surface area contributed by atoms with Gasteiger partial charge in [0.15, 0.2) is 0 Å². The molecule has 0 spiro atoms. The van der Waals surface area contributed by atoms with Crippen molar-refractivity contribution in [1.82, 2.24) is 9.62 Å². The number of sulfonamides is 1. The number of ether oxygens (including phenoxy) is 1. The number of hydrogen-bond acceptors (Lipinski definition) is 5. The summed E-state index contributed by atoms with van der Waals surface area (Å²) < 4.78 is 32.7. The van der Waals surface area contributed by atoms with Gasteiger partial charge in [-0.3, -0.25) is 4.79 Å². The second-order valence-corrected chi connectivity index (χ2v) is 8.64. The smallest absolute Gasteiger partial charge is 0.251 e. The van der Waals surface area contributed by atoms with Gasteiger partial charge < -0.3 is 15.8 Å². The Morgan fingerprint density at radius 3 is 2.52 bits per heavy atom. The van der Waals surface area contributed by atoms with Crippen molar-refractivity contribution < 1.29 is 17.9 Å². The number of morpholine rings is 1. The SMILES string of the molecule is CCc1ccc(C(=O)NC(C)(C)CN)cc1S(=O)(=O)N1CCOCC1. The van der Waals surface area contributed by atoms with Crippen molar-refractivity contribution in [3.05, 3.63) is 29.3 Å². The van der Waals surface area contributed by atoms with Crippen LogP contribution in [-0.2, 0) is 21.2 Å². The van der Waals surface area contributed by atoms with Gasteiger partial charge in [-0.15, -0.1) is 0 Å². The quantitative estimate of drug-likeness (QED) is 0.770. The Morgan fingerprint density at radius 2 is 1.96 bits per heavy atom. The molecule has 7 nitrogen and oxygen atoms in total. The molecule has 1 amide bonds. The van der Waals surface area contributed by atoms with Gasteiger partial charge in [0.05, 0.1) is 18.1 Å². The van der Waals surface area contributed by atoms with E-state index in [4.69, 9.17) is 10.5 Å². The molecule has 0 unspecified atom stereocenters. The molecule has 0 atom stereocenters. The number of rotatable bonds is 6. The minimum Gasteiger partial charge on any atom is -0.379 e. The molecule has 1 aliphatic heterocycles. The molecular formula is C17H27N3O4S. The van der Waals surface area contributed by atoms with E-state index in [-0.39, 0.29) is 17.3 Å². The van der Waals surface area contributed by atoms with Crippen molar-refractivity contribution in [3.63, 3.8) is 0 Å². The van der Waals surface area contributed by atoms with E-state index in [1.165, 1.54) is 10.4 Å². The predicted octanol–water partition coefficient (Wildman–Crippen LogP) is 0.737. The first kappa shape index (κ1) is 19.8. The van der Waals surface area contributed by atoms with E-state index in [9.17, 15) is 13.2 Å². The molecule has 0 saturated carbocycles. The lowest BCUT2D eigenvalue weighted by molar-refractivity contribution is 0.0730. The number of carbonyl (C=O) groups excluding carboxylic acids is 1. The van der Waals surface area contributed by atoms with Gasteiger partial charge in [0.1, 0.15) is 0 Å². The molecule has 2 rings (SSSR count). The monoisotopic (exact) mass is 369 g/mol. The summed E-state index contributed by atoms with van der Waals surface area (Å²) in [5.74, 6) is -0.337. The van der Waals surface area contributed by atoms with Crippen LogP contribution in [0.4, 0.5) is 0 Å². The van der Waals surface area contributed by atoms with E-state index in [2.05, 4.69) is 5.32 Å². The van der Waals surface area contributed by atoms with Gasteiger partial charge in [-0.25, -0.2) is 8.42 Å². The van der Waals surface area contributed by atoms with E-state index in [1.54, 1.807) is 12.1 Å². The van der Waals surface area contributed by atoms with Gasteiger partial charge in [0, 0.05) is 30.7 Å². The zero-order valence-corrected chi connectivity index (χ0v) is 15.9. The summed E-state index contributed by atoms with van der Waals surface area (Å²) >= 11 is 0. The number of nitrogens with zero attached hydrogens (tertiary/aromatic N) is 1. The highest BCUT2D eigenvalue weighted by Gasteiger charge is 2.29. The lowest BCUT2D eigenvalue weighted by Crippen LogP contribution is -2.48. The van der Waals surface area contributed by atoms with Gasteiger partial charge in [-0.05, 0) is 38.0 Å². The van der Waals surface area contributed by atoms with Crippen LogP contribution in [0.2, 0.25) is 0 Å². The maximum absolute atomic E-state index is 13.0.